The standard InChI is InChI=1S/C19H25N5O2S2/c1-3-23(4-2)10-11-27-19-22-21-18(28-19)20-17(26)14-12-16(25)24(13-14)15-8-6-5-7-9-15/h5-9,14H,3-4,10-13H2,1-2H3,(H,20,21,26)/p+1/t14-/m0/s1. The van der Waals surface area contributed by atoms with Crippen molar-refractivity contribution in [2.45, 2.75) is 24.6 Å². The minimum absolute atomic E-state index is 0.0289. The third kappa shape index (κ3) is 5.30. The van der Waals surface area contributed by atoms with E-state index < -0.39 is 0 Å². The molecule has 0 unspecified atom stereocenters. The number of aromatic nitrogens is 2. The first-order valence-corrected chi connectivity index (χ1v) is 11.4. The number of carbonyl (C=O) groups is 2. The van der Waals surface area contributed by atoms with E-state index in [4.69, 9.17) is 0 Å². The molecule has 1 fully saturated rings. The number of quaternary nitrogens is 1. The van der Waals surface area contributed by atoms with Crippen LogP contribution in [0.4, 0.5) is 10.8 Å². The van der Waals surface area contributed by atoms with Crippen molar-refractivity contribution in [3.05, 3.63) is 30.3 Å². The highest BCUT2D eigenvalue weighted by Gasteiger charge is 2.35. The maximum atomic E-state index is 12.6. The molecule has 1 saturated heterocycles. The van der Waals surface area contributed by atoms with Gasteiger partial charge in [-0.15, -0.1) is 10.2 Å². The fourth-order valence-corrected chi connectivity index (χ4v) is 5.02. The highest BCUT2D eigenvalue weighted by Crippen LogP contribution is 2.28. The van der Waals surface area contributed by atoms with E-state index in [2.05, 4.69) is 29.4 Å². The number of nitrogens with zero attached hydrogens (tertiary/aromatic N) is 3. The number of nitrogens with one attached hydrogen (secondary N) is 2. The Balaban J connectivity index is 1.50. The normalized spacial score (nSPS) is 16.8. The van der Waals surface area contributed by atoms with Gasteiger partial charge in [-0.2, -0.15) is 0 Å². The highest BCUT2D eigenvalue weighted by molar-refractivity contribution is 8.01. The van der Waals surface area contributed by atoms with Gasteiger partial charge in [-0.05, 0) is 26.0 Å². The van der Waals surface area contributed by atoms with Crippen LogP contribution in [0.1, 0.15) is 20.3 Å². The topological polar surface area (TPSA) is 79.6 Å². The second-order valence-corrected chi connectivity index (χ2v) is 8.98. The zero-order valence-corrected chi connectivity index (χ0v) is 17.8. The average Bonchev–Trinajstić information content (AvgIpc) is 3.32. The molecular weight excluding hydrogens is 394 g/mol. The van der Waals surface area contributed by atoms with Crippen LogP contribution < -0.4 is 15.1 Å². The minimum Gasteiger partial charge on any atom is -0.335 e. The number of benzene rings is 1. The summed E-state index contributed by atoms with van der Waals surface area (Å²) in [6, 6.07) is 9.44. The van der Waals surface area contributed by atoms with E-state index in [9.17, 15) is 9.59 Å². The maximum absolute atomic E-state index is 12.6. The fraction of sp³-hybridized carbons (Fsp3) is 0.474. The lowest BCUT2D eigenvalue weighted by Crippen LogP contribution is -3.11. The van der Waals surface area contributed by atoms with Gasteiger partial charge in [0.2, 0.25) is 16.9 Å². The summed E-state index contributed by atoms with van der Waals surface area (Å²) in [5, 5.41) is 11.5. The Morgan fingerprint density at radius 3 is 2.75 bits per heavy atom. The second-order valence-electron chi connectivity index (χ2n) is 6.66. The third-order valence-corrected chi connectivity index (χ3v) is 6.86. The Bertz CT molecular complexity index is 795. The number of para-hydroxylation sites is 1. The van der Waals surface area contributed by atoms with Crippen LogP contribution in [0.5, 0.6) is 0 Å². The molecule has 0 aliphatic carbocycles. The lowest BCUT2D eigenvalue weighted by Gasteiger charge is -2.16. The van der Waals surface area contributed by atoms with Crippen molar-refractivity contribution in [2.75, 3.05) is 42.1 Å². The van der Waals surface area contributed by atoms with Crippen molar-refractivity contribution < 1.29 is 14.5 Å². The Hall–Kier alpha value is -1.97. The van der Waals surface area contributed by atoms with Gasteiger partial charge in [-0.1, -0.05) is 41.3 Å². The van der Waals surface area contributed by atoms with E-state index in [1.807, 2.05) is 30.3 Å². The number of carbonyl (C=O) groups excluding carboxylic acids is 2. The van der Waals surface area contributed by atoms with Gasteiger partial charge in [-0.3, -0.25) is 9.59 Å². The summed E-state index contributed by atoms with van der Waals surface area (Å²) in [4.78, 5) is 28.1. The molecule has 2 aromatic rings. The van der Waals surface area contributed by atoms with Crippen LogP contribution >= 0.6 is 23.1 Å². The van der Waals surface area contributed by atoms with Gasteiger partial charge in [0.1, 0.15) is 0 Å². The van der Waals surface area contributed by atoms with Crippen molar-refractivity contribution in [1.29, 1.82) is 0 Å². The predicted molar refractivity (Wildman–Crippen MR) is 113 cm³/mol. The smallest absolute Gasteiger partial charge is 0.231 e. The zero-order valence-electron chi connectivity index (χ0n) is 16.2. The van der Waals surface area contributed by atoms with E-state index >= 15 is 0 Å². The summed E-state index contributed by atoms with van der Waals surface area (Å²) < 4.78 is 0.857. The van der Waals surface area contributed by atoms with Crippen LogP contribution in [0.15, 0.2) is 34.7 Å². The van der Waals surface area contributed by atoms with E-state index in [0.717, 1.165) is 35.4 Å². The average molecular weight is 421 g/mol. The minimum atomic E-state index is -0.376. The molecule has 7 nitrogen and oxygen atoms in total. The van der Waals surface area contributed by atoms with Gasteiger partial charge in [-0.25, -0.2) is 0 Å². The van der Waals surface area contributed by atoms with Crippen molar-refractivity contribution >= 4 is 45.7 Å². The van der Waals surface area contributed by atoms with Gasteiger partial charge < -0.3 is 15.1 Å². The highest BCUT2D eigenvalue weighted by atomic mass is 32.2. The molecule has 1 aromatic heterocycles. The lowest BCUT2D eigenvalue weighted by molar-refractivity contribution is -0.893. The second kappa shape index (κ2) is 9.99. The first kappa shape index (κ1) is 20.8. The molecule has 1 aliphatic rings. The van der Waals surface area contributed by atoms with Gasteiger partial charge in [0, 0.05) is 24.4 Å². The molecule has 2 N–H and O–H groups in total. The summed E-state index contributed by atoms with van der Waals surface area (Å²) in [6.45, 7) is 8.09. The van der Waals surface area contributed by atoms with Gasteiger partial charge in [0.25, 0.3) is 0 Å². The van der Waals surface area contributed by atoms with E-state index in [0.29, 0.717) is 11.7 Å². The first-order chi connectivity index (χ1) is 13.6. The molecule has 28 heavy (non-hydrogen) atoms. The molecule has 0 spiro atoms. The molecule has 1 aliphatic heterocycles. The van der Waals surface area contributed by atoms with Crippen LogP contribution in [-0.4, -0.2) is 53.9 Å². The van der Waals surface area contributed by atoms with Crippen molar-refractivity contribution in [1.82, 2.24) is 10.2 Å². The summed E-state index contributed by atoms with van der Waals surface area (Å²) in [7, 11) is 0. The van der Waals surface area contributed by atoms with Crippen LogP contribution in [0.25, 0.3) is 0 Å². The summed E-state index contributed by atoms with van der Waals surface area (Å²) in [5.41, 5.74) is 0.827. The van der Waals surface area contributed by atoms with Gasteiger partial charge in [0.05, 0.1) is 25.6 Å². The molecule has 1 aromatic carbocycles. The lowest BCUT2D eigenvalue weighted by atomic mass is 10.1. The van der Waals surface area contributed by atoms with Crippen molar-refractivity contribution in [2.24, 2.45) is 5.92 Å². The quantitative estimate of drug-likeness (QED) is 0.475. The zero-order chi connectivity index (χ0) is 19.9. The molecule has 0 bridgehead atoms. The molecule has 2 heterocycles. The molecule has 1 atom stereocenters. The Kier molecular flexibility index (Phi) is 7.41. The van der Waals surface area contributed by atoms with Gasteiger partial charge >= 0.3 is 0 Å². The molecule has 9 heteroatoms. The molecule has 150 valence electrons. The van der Waals surface area contributed by atoms with E-state index in [-0.39, 0.29) is 24.2 Å². The molecular formula is C19H26N5O2S2+. The van der Waals surface area contributed by atoms with Crippen LogP contribution in [0.2, 0.25) is 0 Å². The van der Waals surface area contributed by atoms with Crippen LogP contribution in [-0.2, 0) is 9.59 Å². The number of hydrogen-bond acceptors (Lipinski definition) is 6. The van der Waals surface area contributed by atoms with Crippen LogP contribution in [0.3, 0.4) is 0 Å². The third-order valence-electron chi connectivity index (χ3n) is 4.88. The van der Waals surface area contributed by atoms with E-state index in [1.54, 1.807) is 21.6 Å². The molecule has 2 amide bonds. The van der Waals surface area contributed by atoms with Crippen LogP contribution in [0, 0.1) is 5.92 Å². The summed E-state index contributed by atoms with van der Waals surface area (Å²) in [6.07, 6.45) is 0.216. The SMILES string of the molecule is CC[NH+](CC)CCSc1nnc(NC(=O)[C@H]2CC(=O)N(c3ccccc3)C2)s1. The monoisotopic (exact) mass is 420 g/mol. The maximum Gasteiger partial charge on any atom is 0.231 e. The van der Waals surface area contributed by atoms with Crippen molar-refractivity contribution in [3.8, 4) is 0 Å². The summed E-state index contributed by atoms with van der Waals surface area (Å²) >= 11 is 3.05. The Morgan fingerprint density at radius 2 is 2.04 bits per heavy atom. The Labute approximate surface area is 173 Å². The number of rotatable bonds is 9. The first-order valence-electron chi connectivity index (χ1n) is 9.56. The van der Waals surface area contributed by atoms with Crippen molar-refractivity contribution in [3.63, 3.8) is 0 Å². The van der Waals surface area contributed by atoms with E-state index in [1.165, 1.54) is 11.3 Å². The number of amides is 2. The summed E-state index contributed by atoms with van der Waals surface area (Å²) in [5.74, 6) is 0.396. The fourth-order valence-electron chi connectivity index (χ4n) is 3.15. The number of anilines is 2. The molecule has 0 radical (unpaired) electrons. The Morgan fingerprint density at radius 1 is 1.29 bits per heavy atom. The number of thioether (sulfide) groups is 1. The largest absolute Gasteiger partial charge is 0.335 e. The molecule has 0 saturated carbocycles. The van der Waals surface area contributed by atoms with Gasteiger partial charge in [0.15, 0.2) is 4.34 Å². The predicted octanol–water partition coefficient (Wildman–Crippen LogP) is 1.55. The number of hydrogen-bond donors (Lipinski definition) is 2. The molecule has 3 rings (SSSR count).